The van der Waals surface area contributed by atoms with E-state index in [1.165, 1.54) is 0 Å². The summed E-state index contributed by atoms with van der Waals surface area (Å²) in [5.41, 5.74) is 3.24. The Hall–Kier alpha value is -1.60. The monoisotopic (exact) mass is 232 g/mol. The maximum absolute atomic E-state index is 9.12. The second kappa shape index (κ2) is 5.65. The van der Waals surface area contributed by atoms with Gasteiger partial charge in [-0.25, -0.2) is 0 Å². The van der Waals surface area contributed by atoms with Gasteiger partial charge in [0.1, 0.15) is 6.07 Å². The molecule has 1 atom stereocenters. The zero-order valence-electron chi connectivity index (χ0n) is 11.2. The van der Waals surface area contributed by atoms with Crippen molar-refractivity contribution >= 4 is 5.69 Å². The molecule has 0 aliphatic carbocycles. The Morgan fingerprint density at radius 3 is 2.65 bits per heavy atom. The average Bonchev–Trinajstić information content (AvgIpc) is 2.24. The quantitative estimate of drug-likeness (QED) is 0.862. The number of likely N-dealkylation sites (N-methyl/N-ethyl adjacent to an activating group) is 1. The van der Waals surface area contributed by atoms with E-state index in [9.17, 15) is 0 Å². The number of aryl methyl sites for hydroxylation is 2. The van der Waals surface area contributed by atoms with Crippen LogP contribution in [0, 0.1) is 25.2 Å². The number of rotatable bonds is 4. The second-order valence-corrected chi connectivity index (χ2v) is 4.58. The molecule has 0 aromatic carbocycles. The summed E-state index contributed by atoms with van der Waals surface area (Å²) in [5.74, 6) is 0. The van der Waals surface area contributed by atoms with Crippen molar-refractivity contribution in [1.29, 1.82) is 5.26 Å². The van der Waals surface area contributed by atoms with E-state index in [1.807, 2.05) is 34.0 Å². The molecule has 4 nitrogen and oxygen atoms in total. The molecule has 0 aliphatic rings. The van der Waals surface area contributed by atoms with Gasteiger partial charge in [0.2, 0.25) is 0 Å². The van der Waals surface area contributed by atoms with Crippen molar-refractivity contribution in [2.45, 2.75) is 26.8 Å². The molecule has 92 valence electrons. The first kappa shape index (κ1) is 13.5. The van der Waals surface area contributed by atoms with E-state index < -0.39 is 0 Å². The summed E-state index contributed by atoms with van der Waals surface area (Å²) in [6.07, 6.45) is 0. The van der Waals surface area contributed by atoms with E-state index in [0.717, 1.165) is 23.6 Å². The summed E-state index contributed by atoms with van der Waals surface area (Å²) < 4.78 is 0. The summed E-state index contributed by atoms with van der Waals surface area (Å²) in [5, 5.41) is 12.4. The summed E-state index contributed by atoms with van der Waals surface area (Å²) in [7, 11) is 4.08. The molecule has 0 saturated heterocycles. The van der Waals surface area contributed by atoms with Gasteiger partial charge in [-0.05, 0) is 40.9 Å². The zero-order valence-corrected chi connectivity index (χ0v) is 11.2. The van der Waals surface area contributed by atoms with Crippen molar-refractivity contribution in [2.24, 2.45) is 0 Å². The number of anilines is 1. The lowest BCUT2D eigenvalue weighted by atomic mass is 10.1. The van der Waals surface area contributed by atoms with Crippen LogP contribution in [0.3, 0.4) is 0 Å². The fourth-order valence-corrected chi connectivity index (χ4v) is 1.55. The van der Waals surface area contributed by atoms with Gasteiger partial charge in [-0.15, -0.1) is 0 Å². The van der Waals surface area contributed by atoms with E-state index in [-0.39, 0.29) is 0 Å². The first-order valence-corrected chi connectivity index (χ1v) is 5.74. The Morgan fingerprint density at radius 2 is 2.12 bits per heavy atom. The SMILES string of the molecule is Cc1cc(NCC(C)N(C)C)c(C#N)c(C)n1. The first-order chi connectivity index (χ1) is 7.95. The molecule has 0 saturated carbocycles. The van der Waals surface area contributed by atoms with E-state index in [0.29, 0.717) is 11.6 Å². The third-order valence-corrected chi connectivity index (χ3v) is 2.91. The van der Waals surface area contributed by atoms with Gasteiger partial charge in [-0.1, -0.05) is 0 Å². The molecule has 1 aromatic heterocycles. The van der Waals surface area contributed by atoms with Gasteiger partial charge in [0, 0.05) is 18.3 Å². The minimum Gasteiger partial charge on any atom is -0.382 e. The van der Waals surface area contributed by atoms with Gasteiger partial charge < -0.3 is 10.2 Å². The van der Waals surface area contributed by atoms with Gasteiger partial charge in [0.05, 0.1) is 16.9 Å². The van der Waals surface area contributed by atoms with E-state index in [2.05, 4.69) is 28.2 Å². The number of nitrogens with one attached hydrogen (secondary N) is 1. The molecule has 0 amide bonds. The number of nitriles is 1. The molecule has 0 fully saturated rings. The summed E-state index contributed by atoms with van der Waals surface area (Å²) >= 11 is 0. The molecular formula is C13H20N4. The molecule has 0 spiro atoms. The highest BCUT2D eigenvalue weighted by molar-refractivity contribution is 5.59. The van der Waals surface area contributed by atoms with Crippen molar-refractivity contribution in [3.8, 4) is 6.07 Å². The normalized spacial score (nSPS) is 12.3. The standard InChI is InChI=1S/C13H20N4/c1-9-6-13(12(7-14)11(3)16-9)15-8-10(2)17(4)5/h6,10H,8H2,1-5H3,(H,15,16). The predicted octanol–water partition coefficient (Wildman–Crippen LogP) is 1.93. The van der Waals surface area contributed by atoms with Crippen LogP contribution in [0.5, 0.6) is 0 Å². The van der Waals surface area contributed by atoms with Crippen molar-refractivity contribution in [1.82, 2.24) is 9.88 Å². The van der Waals surface area contributed by atoms with Gasteiger partial charge in [0.25, 0.3) is 0 Å². The Balaban J connectivity index is 2.88. The molecule has 0 aliphatic heterocycles. The first-order valence-electron chi connectivity index (χ1n) is 5.74. The molecule has 0 radical (unpaired) electrons. The van der Waals surface area contributed by atoms with Gasteiger partial charge in [0.15, 0.2) is 0 Å². The molecule has 1 rings (SSSR count). The Bertz CT molecular complexity index is 432. The van der Waals surface area contributed by atoms with Crippen molar-refractivity contribution in [2.75, 3.05) is 26.0 Å². The van der Waals surface area contributed by atoms with Crippen LogP contribution in [0.4, 0.5) is 5.69 Å². The van der Waals surface area contributed by atoms with E-state index in [1.54, 1.807) is 0 Å². The maximum Gasteiger partial charge on any atom is 0.103 e. The smallest absolute Gasteiger partial charge is 0.103 e. The Morgan fingerprint density at radius 1 is 1.47 bits per heavy atom. The van der Waals surface area contributed by atoms with Crippen LogP contribution in [0.15, 0.2) is 6.07 Å². The van der Waals surface area contributed by atoms with Crippen molar-refractivity contribution in [3.63, 3.8) is 0 Å². The highest BCUT2D eigenvalue weighted by Crippen LogP contribution is 2.18. The molecular weight excluding hydrogens is 212 g/mol. The lowest BCUT2D eigenvalue weighted by molar-refractivity contribution is 0.326. The molecule has 17 heavy (non-hydrogen) atoms. The number of hydrogen-bond acceptors (Lipinski definition) is 4. The fourth-order valence-electron chi connectivity index (χ4n) is 1.55. The van der Waals surface area contributed by atoms with Crippen LogP contribution in [0.25, 0.3) is 0 Å². The minimum absolute atomic E-state index is 0.412. The molecule has 1 N–H and O–H groups in total. The van der Waals surface area contributed by atoms with Crippen LogP contribution in [0.1, 0.15) is 23.9 Å². The van der Waals surface area contributed by atoms with Crippen LogP contribution < -0.4 is 5.32 Å². The fraction of sp³-hybridized carbons (Fsp3) is 0.538. The summed E-state index contributed by atoms with van der Waals surface area (Å²) in [6.45, 7) is 6.76. The zero-order chi connectivity index (χ0) is 13.0. The Labute approximate surface area is 103 Å². The van der Waals surface area contributed by atoms with Crippen LogP contribution >= 0.6 is 0 Å². The molecule has 1 unspecified atom stereocenters. The number of hydrogen-bond donors (Lipinski definition) is 1. The van der Waals surface area contributed by atoms with Crippen molar-refractivity contribution in [3.05, 3.63) is 23.0 Å². The van der Waals surface area contributed by atoms with Gasteiger partial charge >= 0.3 is 0 Å². The summed E-state index contributed by atoms with van der Waals surface area (Å²) in [4.78, 5) is 6.43. The highest BCUT2D eigenvalue weighted by atomic mass is 15.1. The Kier molecular flexibility index (Phi) is 4.47. The highest BCUT2D eigenvalue weighted by Gasteiger charge is 2.09. The maximum atomic E-state index is 9.12. The lowest BCUT2D eigenvalue weighted by Gasteiger charge is -2.21. The van der Waals surface area contributed by atoms with Gasteiger partial charge in [-0.3, -0.25) is 4.98 Å². The van der Waals surface area contributed by atoms with Crippen LogP contribution in [-0.4, -0.2) is 36.6 Å². The second-order valence-electron chi connectivity index (χ2n) is 4.58. The third-order valence-electron chi connectivity index (χ3n) is 2.91. The van der Waals surface area contributed by atoms with E-state index in [4.69, 9.17) is 5.26 Å². The number of nitrogens with zero attached hydrogens (tertiary/aromatic N) is 3. The number of aromatic nitrogens is 1. The lowest BCUT2D eigenvalue weighted by Crippen LogP contribution is -2.31. The molecule has 1 heterocycles. The van der Waals surface area contributed by atoms with Gasteiger partial charge in [-0.2, -0.15) is 5.26 Å². The predicted molar refractivity (Wildman–Crippen MR) is 70.1 cm³/mol. The average molecular weight is 232 g/mol. The largest absolute Gasteiger partial charge is 0.382 e. The summed E-state index contributed by atoms with van der Waals surface area (Å²) in [6, 6.07) is 4.54. The molecule has 4 heteroatoms. The minimum atomic E-state index is 0.412. The third kappa shape index (κ3) is 3.43. The van der Waals surface area contributed by atoms with Crippen LogP contribution in [0.2, 0.25) is 0 Å². The molecule has 1 aromatic rings. The number of pyridine rings is 1. The van der Waals surface area contributed by atoms with E-state index >= 15 is 0 Å². The van der Waals surface area contributed by atoms with Crippen LogP contribution in [-0.2, 0) is 0 Å². The topological polar surface area (TPSA) is 52.0 Å². The van der Waals surface area contributed by atoms with Crippen molar-refractivity contribution < 1.29 is 0 Å². The molecule has 0 bridgehead atoms.